The number of aryl methyl sites for hydroxylation is 1. The molecule has 0 N–H and O–H groups in total. The molecule has 0 saturated carbocycles. The first kappa shape index (κ1) is 10.4. The third-order valence-corrected chi connectivity index (χ3v) is 2.18. The average molecular weight is 238 g/mol. The van der Waals surface area contributed by atoms with Crippen LogP contribution in [-0.4, -0.2) is 20.1 Å². The molecule has 15 heavy (non-hydrogen) atoms. The Balaban J connectivity index is 2.48. The molecule has 0 saturated heterocycles. The summed E-state index contributed by atoms with van der Waals surface area (Å²) in [7, 11) is 0. The lowest BCUT2D eigenvalue weighted by Crippen LogP contribution is -2.05. The van der Waals surface area contributed by atoms with Crippen molar-refractivity contribution in [2.24, 2.45) is 0 Å². The molecule has 2 heterocycles. The second-order valence-corrected chi connectivity index (χ2v) is 3.39. The summed E-state index contributed by atoms with van der Waals surface area (Å²) in [4.78, 5) is 0. The third kappa shape index (κ3) is 1.81. The van der Waals surface area contributed by atoms with E-state index in [-0.39, 0.29) is 0 Å². The zero-order valence-corrected chi connectivity index (χ0v) is 8.26. The predicted octanol–water partition coefficient (Wildman–Crippen LogP) is 2.39. The van der Waals surface area contributed by atoms with E-state index in [2.05, 4.69) is 5.10 Å². The molecule has 82 valence electrons. The zero-order chi connectivity index (χ0) is 11.1. The number of nitrogens with zero attached hydrogens (tertiary/aromatic N) is 3. The molecule has 0 aliphatic rings. The largest absolute Gasteiger partial charge is 0.435 e. The minimum absolute atomic E-state index is 0.344. The maximum Gasteiger partial charge on any atom is 0.435 e. The smallest absolute Gasteiger partial charge is 0.330 e. The molecule has 0 radical (unpaired) electrons. The molecule has 0 spiro atoms. The van der Waals surface area contributed by atoms with Gasteiger partial charge in [-0.15, -0.1) is 11.6 Å². The first-order valence-electron chi connectivity index (χ1n) is 4.20. The lowest BCUT2D eigenvalue weighted by atomic mass is 10.4. The van der Waals surface area contributed by atoms with Crippen LogP contribution in [0.2, 0.25) is 0 Å². The van der Waals surface area contributed by atoms with Gasteiger partial charge in [-0.2, -0.15) is 18.3 Å². The van der Waals surface area contributed by atoms with E-state index in [0.29, 0.717) is 18.1 Å². The van der Waals surface area contributed by atoms with E-state index in [1.807, 2.05) is 0 Å². The van der Waals surface area contributed by atoms with E-state index in [1.165, 1.54) is 10.7 Å². The van der Waals surface area contributed by atoms with Crippen molar-refractivity contribution in [1.82, 2.24) is 14.2 Å². The maximum atomic E-state index is 12.3. The molecule has 2 rings (SSSR count). The van der Waals surface area contributed by atoms with E-state index in [0.717, 1.165) is 6.07 Å². The normalized spacial score (nSPS) is 12.5. The highest BCUT2D eigenvalue weighted by Gasteiger charge is 2.34. The molecule has 0 atom stereocenters. The van der Waals surface area contributed by atoms with E-state index in [4.69, 9.17) is 11.6 Å². The van der Waals surface area contributed by atoms with E-state index < -0.39 is 11.9 Å². The summed E-state index contributed by atoms with van der Waals surface area (Å²) in [5.74, 6) is 0.344. The number of aromatic nitrogens is 3. The number of hydrogen-bond donors (Lipinski definition) is 0. The number of hydrogen-bond acceptors (Lipinski definition) is 1. The van der Waals surface area contributed by atoms with Crippen molar-refractivity contribution < 1.29 is 13.2 Å². The van der Waals surface area contributed by atoms with Gasteiger partial charge in [0.05, 0.1) is 0 Å². The van der Waals surface area contributed by atoms with Crippen molar-refractivity contribution in [2.45, 2.75) is 12.7 Å². The standard InChI is InChI=1S/C8H7ClF3N3/c9-1-2-14-3-4-15-7(14)5-6(13-15)8(10,11)12/h3-5H,1-2H2. The number of fused-ring (bicyclic) bond motifs is 1. The fourth-order valence-corrected chi connectivity index (χ4v) is 1.53. The van der Waals surface area contributed by atoms with Gasteiger partial charge >= 0.3 is 6.18 Å². The number of rotatable bonds is 2. The Kier molecular flexibility index (Phi) is 2.38. The minimum Gasteiger partial charge on any atom is -0.330 e. The highest BCUT2D eigenvalue weighted by molar-refractivity contribution is 6.17. The van der Waals surface area contributed by atoms with Crippen LogP contribution in [0.3, 0.4) is 0 Å². The molecule has 0 aliphatic carbocycles. The van der Waals surface area contributed by atoms with Crippen molar-refractivity contribution in [3.8, 4) is 0 Å². The molecule has 2 aromatic rings. The van der Waals surface area contributed by atoms with Crippen LogP contribution >= 0.6 is 11.6 Å². The molecular formula is C8H7ClF3N3. The van der Waals surface area contributed by atoms with Gasteiger partial charge in [-0.25, -0.2) is 4.52 Å². The minimum atomic E-state index is -4.40. The molecule has 3 nitrogen and oxygen atoms in total. The van der Waals surface area contributed by atoms with Gasteiger partial charge in [0.2, 0.25) is 0 Å². The van der Waals surface area contributed by atoms with Crippen LogP contribution in [-0.2, 0) is 12.7 Å². The molecular weight excluding hydrogens is 231 g/mol. The predicted molar refractivity (Wildman–Crippen MR) is 48.9 cm³/mol. The fourth-order valence-electron chi connectivity index (χ4n) is 1.35. The van der Waals surface area contributed by atoms with Crippen LogP contribution in [0.4, 0.5) is 13.2 Å². The lowest BCUT2D eigenvalue weighted by Gasteiger charge is -1.99. The Morgan fingerprint density at radius 2 is 2.07 bits per heavy atom. The summed E-state index contributed by atoms with van der Waals surface area (Å²) in [6, 6.07) is 1.01. The summed E-state index contributed by atoms with van der Waals surface area (Å²) in [6.45, 7) is 0.459. The van der Waals surface area contributed by atoms with Crippen LogP contribution in [0.5, 0.6) is 0 Å². The highest BCUT2D eigenvalue weighted by Crippen LogP contribution is 2.28. The molecule has 0 unspecified atom stereocenters. The molecule has 0 fully saturated rings. The summed E-state index contributed by atoms with van der Waals surface area (Å²) in [6.07, 6.45) is -1.29. The molecule has 2 aromatic heterocycles. The van der Waals surface area contributed by atoms with Gasteiger partial charge in [-0.05, 0) is 0 Å². The van der Waals surface area contributed by atoms with Gasteiger partial charge in [0, 0.05) is 30.9 Å². The summed E-state index contributed by atoms with van der Waals surface area (Å²) < 4.78 is 39.7. The Labute approximate surface area is 88.1 Å². The summed E-state index contributed by atoms with van der Waals surface area (Å²) in [5.41, 5.74) is -0.496. The van der Waals surface area contributed by atoms with Crippen LogP contribution in [0, 0.1) is 0 Å². The Hall–Kier alpha value is -1.17. The third-order valence-electron chi connectivity index (χ3n) is 2.01. The van der Waals surface area contributed by atoms with Crippen LogP contribution in [0.1, 0.15) is 5.69 Å². The van der Waals surface area contributed by atoms with Gasteiger partial charge in [0.25, 0.3) is 0 Å². The maximum absolute atomic E-state index is 12.3. The number of imidazole rings is 1. The summed E-state index contributed by atoms with van der Waals surface area (Å²) in [5, 5.41) is 3.41. The molecule has 0 aliphatic heterocycles. The SMILES string of the molecule is FC(F)(F)c1cc2n(CCCl)ccn2n1. The van der Waals surface area contributed by atoms with E-state index >= 15 is 0 Å². The number of alkyl halides is 4. The Morgan fingerprint density at radius 1 is 1.33 bits per heavy atom. The van der Waals surface area contributed by atoms with E-state index in [1.54, 1.807) is 10.8 Å². The Morgan fingerprint density at radius 3 is 2.67 bits per heavy atom. The van der Waals surface area contributed by atoms with Crippen molar-refractivity contribution >= 4 is 17.2 Å². The molecule has 0 bridgehead atoms. The van der Waals surface area contributed by atoms with Gasteiger partial charge in [0.15, 0.2) is 5.69 Å². The molecule has 7 heteroatoms. The van der Waals surface area contributed by atoms with E-state index in [9.17, 15) is 13.2 Å². The van der Waals surface area contributed by atoms with Gasteiger partial charge < -0.3 is 4.57 Å². The topological polar surface area (TPSA) is 22.2 Å². The highest BCUT2D eigenvalue weighted by atomic mass is 35.5. The van der Waals surface area contributed by atoms with Crippen LogP contribution < -0.4 is 0 Å². The van der Waals surface area contributed by atoms with Gasteiger partial charge in [-0.3, -0.25) is 0 Å². The fraction of sp³-hybridized carbons (Fsp3) is 0.375. The zero-order valence-electron chi connectivity index (χ0n) is 7.50. The second kappa shape index (κ2) is 3.44. The summed E-state index contributed by atoms with van der Waals surface area (Å²) >= 11 is 5.52. The average Bonchev–Trinajstić information content (AvgIpc) is 2.65. The first-order valence-corrected chi connectivity index (χ1v) is 4.73. The number of halogens is 4. The van der Waals surface area contributed by atoms with Crippen molar-refractivity contribution in [3.05, 3.63) is 24.2 Å². The lowest BCUT2D eigenvalue weighted by molar-refractivity contribution is -0.141. The molecule has 0 aromatic carbocycles. The quantitative estimate of drug-likeness (QED) is 0.736. The van der Waals surface area contributed by atoms with Crippen molar-refractivity contribution in [2.75, 3.05) is 5.88 Å². The van der Waals surface area contributed by atoms with Crippen LogP contribution in [0.15, 0.2) is 18.5 Å². The van der Waals surface area contributed by atoms with Gasteiger partial charge in [-0.1, -0.05) is 0 Å². The second-order valence-electron chi connectivity index (χ2n) is 3.01. The van der Waals surface area contributed by atoms with Crippen molar-refractivity contribution in [1.29, 1.82) is 0 Å². The first-order chi connectivity index (χ1) is 7.02. The monoisotopic (exact) mass is 237 g/mol. The molecule has 0 amide bonds. The van der Waals surface area contributed by atoms with Gasteiger partial charge in [0.1, 0.15) is 5.65 Å². The van der Waals surface area contributed by atoms with Crippen molar-refractivity contribution in [3.63, 3.8) is 0 Å². The van der Waals surface area contributed by atoms with Crippen LogP contribution in [0.25, 0.3) is 5.65 Å². The Bertz CT molecular complexity index is 471.